The minimum absolute atomic E-state index is 0.342. The fourth-order valence-electron chi connectivity index (χ4n) is 2.80. The third kappa shape index (κ3) is 4.52. The Morgan fingerprint density at radius 3 is 2.56 bits per heavy atom. The van der Waals surface area contributed by atoms with Crippen molar-refractivity contribution in [2.24, 2.45) is 5.92 Å². The minimum Gasteiger partial charge on any atom is -0.378 e. The molecule has 1 aliphatic heterocycles. The van der Waals surface area contributed by atoms with Crippen LogP contribution in [-0.2, 0) is 14.2 Å². The second-order valence-corrected chi connectivity index (χ2v) is 6.21. The van der Waals surface area contributed by atoms with Gasteiger partial charge >= 0.3 is 0 Å². The Hall–Kier alpha value is -0.120. The van der Waals surface area contributed by atoms with Crippen LogP contribution < -0.4 is 0 Å². The molecule has 0 radical (unpaired) electrons. The molecule has 2 fully saturated rings. The largest absolute Gasteiger partial charge is 0.378 e. The summed E-state index contributed by atoms with van der Waals surface area (Å²) in [5, 5.41) is 0. The Balaban J connectivity index is 1.50. The maximum atomic E-state index is 5.93. The van der Waals surface area contributed by atoms with E-state index in [1.807, 2.05) is 0 Å². The van der Waals surface area contributed by atoms with Gasteiger partial charge in [0.15, 0.2) is 0 Å². The first-order valence-electron chi connectivity index (χ1n) is 7.52. The Bertz CT molecular complexity index is 230. The van der Waals surface area contributed by atoms with E-state index in [9.17, 15) is 0 Å². The Morgan fingerprint density at radius 1 is 1.17 bits per heavy atom. The summed E-state index contributed by atoms with van der Waals surface area (Å²) >= 11 is 0. The molecule has 1 aliphatic carbocycles. The highest BCUT2D eigenvalue weighted by atomic mass is 16.5. The van der Waals surface area contributed by atoms with Crippen LogP contribution in [0.2, 0.25) is 0 Å². The summed E-state index contributed by atoms with van der Waals surface area (Å²) in [5.74, 6) is 0.609. The molecule has 0 aromatic heterocycles. The van der Waals surface area contributed by atoms with Crippen molar-refractivity contribution < 1.29 is 14.2 Å². The van der Waals surface area contributed by atoms with E-state index >= 15 is 0 Å². The van der Waals surface area contributed by atoms with Gasteiger partial charge in [0.25, 0.3) is 0 Å². The molecular weight excluding hydrogens is 228 g/mol. The molecule has 2 rings (SSSR count). The van der Waals surface area contributed by atoms with E-state index in [-0.39, 0.29) is 0 Å². The molecule has 1 saturated carbocycles. The monoisotopic (exact) mass is 256 g/mol. The van der Waals surface area contributed by atoms with E-state index in [0.29, 0.717) is 30.3 Å². The molecule has 0 spiro atoms. The number of hydrogen-bond acceptors (Lipinski definition) is 3. The van der Waals surface area contributed by atoms with E-state index in [1.54, 1.807) is 0 Å². The van der Waals surface area contributed by atoms with Crippen LogP contribution in [0.1, 0.15) is 52.9 Å². The van der Waals surface area contributed by atoms with Crippen molar-refractivity contribution in [1.82, 2.24) is 0 Å². The number of ether oxygens (including phenoxy) is 3. The zero-order chi connectivity index (χ0) is 13.0. The predicted octanol–water partition coefficient (Wildman–Crippen LogP) is 3.16. The lowest BCUT2D eigenvalue weighted by Gasteiger charge is -2.36. The molecule has 2 aliphatic rings. The van der Waals surface area contributed by atoms with Gasteiger partial charge in [0, 0.05) is 13.2 Å². The zero-order valence-corrected chi connectivity index (χ0v) is 12.1. The minimum atomic E-state index is 0.342. The fraction of sp³-hybridized carbons (Fsp3) is 1.00. The lowest BCUT2D eigenvalue weighted by molar-refractivity contribution is -0.123. The van der Waals surface area contributed by atoms with Crippen LogP contribution in [0.4, 0.5) is 0 Å². The normalized spacial score (nSPS) is 33.7. The molecule has 106 valence electrons. The van der Waals surface area contributed by atoms with E-state index in [1.165, 1.54) is 12.8 Å². The third-order valence-corrected chi connectivity index (χ3v) is 3.82. The average Bonchev–Trinajstić information content (AvgIpc) is 2.73. The summed E-state index contributed by atoms with van der Waals surface area (Å²) in [4.78, 5) is 0. The van der Waals surface area contributed by atoms with Gasteiger partial charge in [0.05, 0.1) is 24.4 Å². The molecule has 0 amide bonds. The van der Waals surface area contributed by atoms with Crippen LogP contribution >= 0.6 is 0 Å². The number of hydrogen-bond donors (Lipinski definition) is 0. The van der Waals surface area contributed by atoms with Crippen molar-refractivity contribution in [3.05, 3.63) is 0 Å². The molecule has 2 unspecified atom stereocenters. The van der Waals surface area contributed by atoms with Crippen LogP contribution in [0.3, 0.4) is 0 Å². The average molecular weight is 256 g/mol. The van der Waals surface area contributed by atoms with Gasteiger partial charge in [0.1, 0.15) is 0 Å². The zero-order valence-electron chi connectivity index (χ0n) is 12.1. The lowest BCUT2D eigenvalue weighted by Crippen LogP contribution is -2.39. The predicted molar refractivity (Wildman–Crippen MR) is 71.7 cm³/mol. The van der Waals surface area contributed by atoms with Gasteiger partial charge < -0.3 is 14.2 Å². The van der Waals surface area contributed by atoms with E-state index < -0.39 is 0 Å². The fourth-order valence-corrected chi connectivity index (χ4v) is 2.80. The third-order valence-electron chi connectivity index (χ3n) is 3.82. The second kappa shape index (κ2) is 6.88. The van der Waals surface area contributed by atoms with Crippen molar-refractivity contribution in [3.63, 3.8) is 0 Å². The van der Waals surface area contributed by atoms with Crippen LogP contribution in [-0.4, -0.2) is 37.6 Å². The molecule has 0 N–H and O–H groups in total. The summed E-state index contributed by atoms with van der Waals surface area (Å²) in [6.45, 7) is 8.28. The summed E-state index contributed by atoms with van der Waals surface area (Å²) < 4.78 is 17.3. The molecule has 0 aromatic rings. The molecule has 1 heterocycles. The summed E-state index contributed by atoms with van der Waals surface area (Å²) in [6.07, 6.45) is 7.46. The molecule has 3 nitrogen and oxygen atoms in total. The van der Waals surface area contributed by atoms with Crippen LogP contribution in [0.25, 0.3) is 0 Å². The first-order valence-corrected chi connectivity index (χ1v) is 7.52. The van der Waals surface area contributed by atoms with E-state index in [0.717, 1.165) is 32.5 Å². The molecule has 0 aromatic carbocycles. The van der Waals surface area contributed by atoms with Crippen molar-refractivity contribution in [3.8, 4) is 0 Å². The Labute approximate surface area is 111 Å². The van der Waals surface area contributed by atoms with E-state index in [4.69, 9.17) is 14.2 Å². The van der Waals surface area contributed by atoms with Gasteiger partial charge in [-0.1, -0.05) is 6.92 Å². The summed E-state index contributed by atoms with van der Waals surface area (Å²) in [5.41, 5.74) is 0. The standard InChI is InChI=1S/C15H28O3/c1-11(2)18-15-8-14(9-15)17-10-12(3)7-13-5-4-6-16-13/h11-15H,4-10H2,1-3H3. The van der Waals surface area contributed by atoms with Crippen molar-refractivity contribution in [2.75, 3.05) is 13.2 Å². The van der Waals surface area contributed by atoms with Gasteiger partial charge in [-0.2, -0.15) is 0 Å². The van der Waals surface area contributed by atoms with Gasteiger partial charge in [-0.3, -0.25) is 0 Å². The second-order valence-electron chi connectivity index (χ2n) is 6.21. The molecular formula is C15H28O3. The number of rotatable bonds is 7. The van der Waals surface area contributed by atoms with Crippen molar-refractivity contribution >= 4 is 0 Å². The van der Waals surface area contributed by atoms with E-state index in [2.05, 4.69) is 20.8 Å². The van der Waals surface area contributed by atoms with Gasteiger partial charge in [-0.15, -0.1) is 0 Å². The van der Waals surface area contributed by atoms with Crippen molar-refractivity contribution in [2.45, 2.75) is 77.3 Å². The first-order chi connectivity index (χ1) is 8.63. The molecule has 0 bridgehead atoms. The molecule has 1 saturated heterocycles. The lowest BCUT2D eigenvalue weighted by atomic mass is 9.91. The highest BCUT2D eigenvalue weighted by Gasteiger charge is 2.31. The van der Waals surface area contributed by atoms with Gasteiger partial charge in [0.2, 0.25) is 0 Å². The molecule has 3 heteroatoms. The summed E-state index contributed by atoms with van der Waals surface area (Å²) in [7, 11) is 0. The highest BCUT2D eigenvalue weighted by molar-refractivity contribution is 4.82. The summed E-state index contributed by atoms with van der Waals surface area (Å²) in [6, 6.07) is 0. The maximum absolute atomic E-state index is 5.93. The molecule has 2 atom stereocenters. The van der Waals surface area contributed by atoms with Crippen LogP contribution in [0, 0.1) is 5.92 Å². The van der Waals surface area contributed by atoms with Crippen molar-refractivity contribution in [1.29, 1.82) is 0 Å². The van der Waals surface area contributed by atoms with Gasteiger partial charge in [-0.25, -0.2) is 0 Å². The SMILES string of the molecule is CC(COC1CC(OC(C)C)C1)CC1CCCO1. The first kappa shape index (κ1) is 14.3. The van der Waals surface area contributed by atoms with Gasteiger partial charge in [-0.05, 0) is 51.9 Å². The van der Waals surface area contributed by atoms with Crippen LogP contribution in [0.5, 0.6) is 0 Å². The Morgan fingerprint density at radius 2 is 1.94 bits per heavy atom. The highest BCUT2D eigenvalue weighted by Crippen LogP contribution is 2.28. The quantitative estimate of drug-likeness (QED) is 0.700. The smallest absolute Gasteiger partial charge is 0.0628 e. The molecule has 18 heavy (non-hydrogen) atoms. The topological polar surface area (TPSA) is 27.7 Å². The van der Waals surface area contributed by atoms with Crippen LogP contribution in [0.15, 0.2) is 0 Å². The Kier molecular flexibility index (Phi) is 5.46. The maximum Gasteiger partial charge on any atom is 0.0628 e.